The van der Waals surface area contributed by atoms with Crippen LogP contribution in [0, 0.1) is 17.8 Å². The van der Waals surface area contributed by atoms with Gasteiger partial charge in [0, 0.05) is 142 Å². The van der Waals surface area contributed by atoms with Gasteiger partial charge in [0.1, 0.15) is 26.4 Å². The number of rotatable bonds is 65. The molecule has 0 aromatic heterocycles. The second kappa shape index (κ2) is 74.1. The fourth-order valence-electron chi connectivity index (χ4n) is 9.90. The molecular weight excluding hydrogens is 1470 g/mol. The molecule has 3 atom stereocenters. The Labute approximate surface area is 660 Å². The van der Waals surface area contributed by atoms with Crippen LogP contribution in [0.2, 0.25) is 0 Å². The van der Waals surface area contributed by atoms with E-state index in [9.17, 15) is 77.6 Å². The van der Waals surface area contributed by atoms with Gasteiger partial charge in [-0.15, -0.1) is 17.5 Å². The number of hydrogen-bond donors (Lipinski definition) is 12. The Morgan fingerprint density at radius 3 is 1.05 bits per heavy atom. The minimum atomic E-state index is -1.05. The third-order valence-electron chi connectivity index (χ3n) is 16.0. The van der Waals surface area contributed by atoms with Gasteiger partial charge in [0.2, 0.25) is 53.2 Å². The summed E-state index contributed by atoms with van der Waals surface area (Å²) in [7, 11) is 0. The van der Waals surface area contributed by atoms with Crippen LogP contribution in [0.15, 0.2) is 17.7 Å². The van der Waals surface area contributed by atoms with Crippen molar-refractivity contribution in [3.05, 3.63) is 17.7 Å². The van der Waals surface area contributed by atoms with Crippen LogP contribution in [-0.4, -0.2) is 348 Å². The van der Waals surface area contributed by atoms with E-state index in [-0.39, 0.29) is 277 Å². The number of nitrogens with one attached hydrogen (secondary N) is 7. The highest BCUT2D eigenvalue weighted by Gasteiger charge is 2.24. The molecule has 1 fully saturated rings. The molecule has 0 saturated carbocycles. The second-order valence-corrected chi connectivity index (χ2v) is 26.7. The van der Waals surface area contributed by atoms with E-state index in [0.29, 0.717) is 84.1 Å². The normalized spacial score (nSPS) is 13.7. The number of carbonyl (C=O) groups excluding carboxylic acids is 10. The highest BCUT2D eigenvalue weighted by Crippen LogP contribution is 2.15. The van der Waals surface area contributed by atoms with Crippen molar-refractivity contribution >= 4 is 88.6 Å². The molecule has 0 unspecified atom stereocenters. The monoisotopic (exact) mass is 1610 g/mol. The number of ether oxygens (including phenoxy) is 8. The molecule has 1 aliphatic rings. The number of nitrogens with zero attached hydrogens (tertiary/aromatic N) is 4. The van der Waals surface area contributed by atoms with Crippen LogP contribution in [0.3, 0.4) is 0 Å². The van der Waals surface area contributed by atoms with E-state index in [4.69, 9.17) is 49.4 Å². The maximum atomic E-state index is 13.3. The van der Waals surface area contributed by atoms with E-state index in [1.54, 1.807) is 50.6 Å². The summed E-state index contributed by atoms with van der Waals surface area (Å²) in [5.41, 5.74) is 13.2. The number of carboxylic acids is 3. The third-order valence-corrected chi connectivity index (χ3v) is 16.4. The van der Waals surface area contributed by atoms with Crippen LogP contribution in [-0.2, 0) is 100 Å². The molecule has 111 heavy (non-hydrogen) atoms. The minimum absolute atomic E-state index is 0. The molecule has 9 amide bonds. The van der Waals surface area contributed by atoms with E-state index >= 15 is 0 Å². The zero-order valence-corrected chi connectivity index (χ0v) is 67.2. The molecule has 0 aromatic rings. The van der Waals surface area contributed by atoms with Gasteiger partial charge in [0.15, 0.2) is 5.78 Å². The SMILES string of the molecule is C=C=CSC.CCC.C[C@@H](CCCCNC(=O)COCCOCCNC(=O)COCCOCCNC(=O)CCCC(=O)NCCCC[C@H](CC(=O)COCCOCCNC(=O)COCCOCCNC(=O)CN1CCN(CC(=O)O)CCN(CC(=O)O)CCN(CC(=O)O)CC1)C(=O)NCCCC[C@H](C)C(N)=O)C(N)=O.[HH]. The van der Waals surface area contributed by atoms with E-state index < -0.39 is 35.6 Å². The summed E-state index contributed by atoms with van der Waals surface area (Å²) in [4.78, 5) is 164. The topological polar surface area (TPSA) is 506 Å². The van der Waals surface area contributed by atoms with Crippen LogP contribution in [0.25, 0.3) is 0 Å². The van der Waals surface area contributed by atoms with Crippen molar-refractivity contribution in [2.24, 2.45) is 29.2 Å². The summed E-state index contributed by atoms with van der Waals surface area (Å²) in [6.07, 6.45) is 9.20. The number of carbonyl (C=O) groups is 13. The first-order valence-electron chi connectivity index (χ1n) is 38.3. The van der Waals surface area contributed by atoms with Crippen molar-refractivity contribution in [2.45, 2.75) is 118 Å². The lowest BCUT2D eigenvalue weighted by Gasteiger charge is -2.32. The lowest BCUT2D eigenvalue weighted by atomic mass is 9.95. The molecule has 38 heteroatoms. The molecule has 1 saturated heterocycles. The summed E-state index contributed by atoms with van der Waals surface area (Å²) in [5, 5.41) is 49.4. The first kappa shape index (κ1) is 106. The number of hydrogen-bond acceptors (Lipinski definition) is 26. The summed E-state index contributed by atoms with van der Waals surface area (Å²) in [6.45, 7) is 15.6. The average molecular weight is 1610 g/mol. The van der Waals surface area contributed by atoms with Gasteiger partial charge < -0.3 is 102 Å². The first-order valence-corrected chi connectivity index (χ1v) is 39.6. The molecule has 0 aromatic carbocycles. The number of thioether (sulfide) groups is 1. The van der Waals surface area contributed by atoms with Crippen molar-refractivity contribution in [3.8, 4) is 0 Å². The Morgan fingerprint density at radius 2 is 0.712 bits per heavy atom. The quantitative estimate of drug-likeness (QED) is 0.0262. The minimum Gasteiger partial charge on any atom is -0.480 e. The first-order chi connectivity index (χ1) is 53.3. The van der Waals surface area contributed by atoms with Crippen LogP contribution >= 0.6 is 11.8 Å². The van der Waals surface area contributed by atoms with Gasteiger partial charge in [-0.3, -0.25) is 81.9 Å². The Hall–Kier alpha value is -7.30. The van der Waals surface area contributed by atoms with Crippen LogP contribution in [0.4, 0.5) is 0 Å². The van der Waals surface area contributed by atoms with Gasteiger partial charge in [-0.05, 0) is 51.2 Å². The average Bonchev–Trinajstić information content (AvgIpc) is 0.900. The van der Waals surface area contributed by atoms with Gasteiger partial charge in [-0.1, -0.05) is 60.0 Å². The number of Topliss-reactive ketones (excluding diaryl/α,β-unsaturated/α-hetero) is 1. The van der Waals surface area contributed by atoms with E-state index in [1.807, 2.05) is 6.26 Å². The number of ketones is 1. The molecule has 1 heterocycles. The lowest BCUT2D eigenvalue weighted by Crippen LogP contribution is -2.50. The molecule has 37 nitrogen and oxygen atoms in total. The number of amides is 9. The molecule has 1 aliphatic heterocycles. The van der Waals surface area contributed by atoms with E-state index in [1.165, 1.54) is 6.42 Å². The summed E-state index contributed by atoms with van der Waals surface area (Å²) < 4.78 is 43.4. The maximum Gasteiger partial charge on any atom is 0.317 e. The number of nitrogens with two attached hydrogens (primary N) is 2. The Morgan fingerprint density at radius 1 is 0.414 bits per heavy atom. The fourth-order valence-corrected chi connectivity index (χ4v) is 10.1. The molecule has 642 valence electrons. The van der Waals surface area contributed by atoms with Gasteiger partial charge in [0.05, 0.1) is 105 Å². The summed E-state index contributed by atoms with van der Waals surface area (Å²) >= 11 is 1.60. The zero-order valence-electron chi connectivity index (χ0n) is 66.4. The molecule has 0 aliphatic carbocycles. The van der Waals surface area contributed by atoms with E-state index in [0.717, 1.165) is 12.8 Å². The third kappa shape index (κ3) is 71.5. The van der Waals surface area contributed by atoms with Gasteiger partial charge in [0.25, 0.3) is 0 Å². The van der Waals surface area contributed by atoms with Crippen molar-refractivity contribution in [2.75, 3.05) is 236 Å². The molecular formula is C73H135N13O24S. The van der Waals surface area contributed by atoms with Crippen LogP contribution in [0.5, 0.6) is 0 Å². The van der Waals surface area contributed by atoms with Gasteiger partial charge in [-0.2, -0.15) is 0 Å². The van der Waals surface area contributed by atoms with Crippen molar-refractivity contribution in [1.82, 2.24) is 56.8 Å². The highest BCUT2D eigenvalue weighted by molar-refractivity contribution is 8.01. The van der Waals surface area contributed by atoms with E-state index in [2.05, 4.69) is 63.4 Å². The standard InChI is InChI=1S/C66H119N13O24.C4H6S.C3H8.H2/c1-51(64(67)93)10-3-6-16-70-58(84)48-101-39-37-99-33-21-74-60(86)49-102-40-35-96-30-18-71-56(82)14-9-13-55(81)69-15-8-5-12-53(66(95)75-17-7-4-11-52(2)65(68)94)42-54(80)47-100-38-34-98-32-20-73-59(85)50-103-41-36-97-31-19-72-57(83)43-76-22-24-77(44-61(87)88)26-28-79(46-63(91)92)29-27-78(25-23-76)45-62(89)90;1-3-4-5-2;1-3-2;/h51-53H,3-50H2,1-2H3,(H2,67,93)(H2,68,94)(H,69,81)(H,70,84)(H,71,82)(H,72,83)(H,73,85)(H,74,86)(H,75,95)(H,87,88)(H,89,90)(H,91,92);4H,1H2,2H3;3H2,1-2H3;1H/t51-,52-,53+;;;/m0.../s1. The summed E-state index contributed by atoms with van der Waals surface area (Å²) in [5.74, 6) is -7.37. The van der Waals surface area contributed by atoms with Crippen molar-refractivity contribution in [3.63, 3.8) is 0 Å². The second-order valence-electron chi connectivity index (χ2n) is 26.0. The predicted molar refractivity (Wildman–Crippen MR) is 417 cm³/mol. The van der Waals surface area contributed by atoms with Crippen LogP contribution < -0.4 is 48.7 Å². The largest absolute Gasteiger partial charge is 0.480 e. The summed E-state index contributed by atoms with van der Waals surface area (Å²) in [6, 6.07) is 0. The number of aliphatic carboxylic acids is 3. The number of primary amides is 2. The number of unbranched alkanes of at least 4 members (excludes halogenated alkanes) is 3. The van der Waals surface area contributed by atoms with Gasteiger partial charge >= 0.3 is 17.9 Å². The maximum absolute atomic E-state index is 13.3. The molecule has 14 N–H and O–H groups in total. The Balaban J connectivity index is -0.0000125. The molecule has 0 bridgehead atoms. The van der Waals surface area contributed by atoms with Crippen molar-refractivity contribution in [1.29, 1.82) is 0 Å². The fraction of sp³-hybridized carbons (Fsp3) is 0.781. The zero-order chi connectivity index (χ0) is 82.9. The molecule has 0 spiro atoms. The lowest BCUT2D eigenvalue weighted by molar-refractivity contribution is -0.140. The number of carboxylic acid groups (broad SMARTS) is 3. The smallest absolute Gasteiger partial charge is 0.317 e. The van der Waals surface area contributed by atoms with Gasteiger partial charge in [-0.25, -0.2) is 0 Å². The molecule has 1 rings (SSSR count). The van der Waals surface area contributed by atoms with Crippen LogP contribution in [0.1, 0.15) is 119 Å². The Bertz CT molecular complexity index is 2610. The predicted octanol–water partition coefficient (Wildman–Crippen LogP) is -0.782. The van der Waals surface area contributed by atoms with Crippen molar-refractivity contribution < 1.29 is 117 Å². The molecule has 0 radical (unpaired) electrons. The Kier molecular flexibility index (Phi) is 70.6. The highest BCUT2D eigenvalue weighted by atomic mass is 32.2.